The lowest BCUT2D eigenvalue weighted by Gasteiger charge is -2.33. The molecule has 7 nitrogen and oxygen atoms in total. The van der Waals surface area contributed by atoms with Crippen LogP contribution in [0.15, 0.2) is 6.20 Å². The molecule has 1 atom stereocenters. The summed E-state index contributed by atoms with van der Waals surface area (Å²) in [7, 11) is 1.78. The molecule has 0 aromatic carbocycles. The molecule has 0 aliphatic carbocycles. The maximum Gasteiger partial charge on any atom is 0.254 e. The van der Waals surface area contributed by atoms with Gasteiger partial charge >= 0.3 is 0 Å². The lowest BCUT2D eigenvalue weighted by molar-refractivity contribution is -0.149. The van der Waals surface area contributed by atoms with E-state index in [0.717, 1.165) is 0 Å². The van der Waals surface area contributed by atoms with E-state index in [4.69, 9.17) is 4.74 Å². The summed E-state index contributed by atoms with van der Waals surface area (Å²) in [6.45, 7) is 7.65. The number of hydrogen-bond donors (Lipinski definition) is 1. The Morgan fingerprint density at radius 2 is 2.27 bits per heavy atom. The highest BCUT2D eigenvalue weighted by Gasteiger charge is 2.27. The predicted octanol–water partition coefficient (Wildman–Crippen LogP) is 0.342. The number of nitrogens with zero attached hydrogens (tertiary/aromatic N) is 3. The topological polar surface area (TPSA) is 76.5 Å². The van der Waals surface area contributed by atoms with Crippen LogP contribution in [0.25, 0.3) is 0 Å². The molecule has 1 aromatic heterocycles. The Labute approximate surface area is 130 Å². The Morgan fingerprint density at radius 1 is 1.55 bits per heavy atom. The van der Waals surface area contributed by atoms with Crippen molar-refractivity contribution in [3.8, 4) is 0 Å². The van der Waals surface area contributed by atoms with E-state index in [1.807, 2.05) is 0 Å². The number of aryl methyl sites for hydroxylation is 2. The number of carbonyl (C=O) groups is 2. The lowest BCUT2D eigenvalue weighted by atomic mass is 10.1. The minimum atomic E-state index is -0.169. The van der Waals surface area contributed by atoms with Crippen molar-refractivity contribution in [2.45, 2.75) is 26.9 Å². The third kappa shape index (κ3) is 4.07. The second-order valence-electron chi connectivity index (χ2n) is 6.14. The Balaban J connectivity index is 1.87. The van der Waals surface area contributed by atoms with Crippen LogP contribution in [0.2, 0.25) is 0 Å². The van der Waals surface area contributed by atoms with Crippen molar-refractivity contribution in [3.05, 3.63) is 17.5 Å². The molecular weight excluding hydrogens is 284 g/mol. The number of nitrogens with one attached hydrogen (secondary N) is 1. The van der Waals surface area contributed by atoms with Gasteiger partial charge in [-0.15, -0.1) is 0 Å². The molecule has 122 valence electrons. The number of ether oxygens (including phenoxy) is 1. The molecule has 2 amide bonds. The first-order valence-corrected chi connectivity index (χ1v) is 7.54. The van der Waals surface area contributed by atoms with Crippen molar-refractivity contribution in [3.63, 3.8) is 0 Å². The average molecular weight is 308 g/mol. The number of rotatable bonds is 5. The molecule has 1 N–H and O–H groups in total. The van der Waals surface area contributed by atoms with Crippen molar-refractivity contribution in [1.82, 2.24) is 20.0 Å². The van der Waals surface area contributed by atoms with Gasteiger partial charge in [0.1, 0.15) is 6.61 Å². The van der Waals surface area contributed by atoms with E-state index in [-0.39, 0.29) is 24.5 Å². The largest absolute Gasteiger partial charge is 0.365 e. The van der Waals surface area contributed by atoms with Gasteiger partial charge in [0.05, 0.1) is 17.4 Å². The van der Waals surface area contributed by atoms with E-state index in [1.54, 1.807) is 29.7 Å². The van der Waals surface area contributed by atoms with E-state index >= 15 is 0 Å². The highest BCUT2D eigenvalue weighted by atomic mass is 16.5. The highest BCUT2D eigenvalue weighted by molar-refractivity contribution is 5.95. The van der Waals surface area contributed by atoms with Gasteiger partial charge in [-0.25, -0.2) is 0 Å². The van der Waals surface area contributed by atoms with Crippen molar-refractivity contribution < 1.29 is 14.3 Å². The van der Waals surface area contributed by atoms with Crippen LogP contribution in [0.1, 0.15) is 29.9 Å². The number of morpholine rings is 1. The van der Waals surface area contributed by atoms with Gasteiger partial charge in [-0.2, -0.15) is 5.10 Å². The SMILES string of the molecule is Cc1nn(C)cc1C(=O)NCC1CN(CC(C)C)C(=O)CO1. The Kier molecular flexibility index (Phi) is 5.18. The lowest BCUT2D eigenvalue weighted by Crippen LogP contribution is -2.51. The summed E-state index contributed by atoms with van der Waals surface area (Å²) in [6, 6.07) is 0. The van der Waals surface area contributed by atoms with Crippen molar-refractivity contribution >= 4 is 11.8 Å². The van der Waals surface area contributed by atoms with Crippen LogP contribution in [0.3, 0.4) is 0 Å². The molecule has 1 aliphatic rings. The van der Waals surface area contributed by atoms with Crippen molar-refractivity contribution in [1.29, 1.82) is 0 Å². The molecule has 1 aliphatic heterocycles. The smallest absolute Gasteiger partial charge is 0.254 e. The number of amides is 2. The molecule has 1 unspecified atom stereocenters. The zero-order valence-electron chi connectivity index (χ0n) is 13.6. The molecule has 22 heavy (non-hydrogen) atoms. The van der Waals surface area contributed by atoms with E-state index in [1.165, 1.54) is 0 Å². The van der Waals surface area contributed by atoms with Crippen LogP contribution in [-0.2, 0) is 16.6 Å². The number of carbonyl (C=O) groups excluding carboxylic acids is 2. The summed E-state index contributed by atoms with van der Waals surface area (Å²) in [5.74, 6) is 0.260. The summed E-state index contributed by atoms with van der Waals surface area (Å²) in [4.78, 5) is 25.7. The van der Waals surface area contributed by atoms with Gasteiger partial charge in [0.25, 0.3) is 5.91 Å². The van der Waals surface area contributed by atoms with E-state index < -0.39 is 0 Å². The molecule has 0 saturated carbocycles. The van der Waals surface area contributed by atoms with Gasteiger partial charge in [0, 0.05) is 32.9 Å². The van der Waals surface area contributed by atoms with Crippen molar-refractivity contribution in [2.75, 3.05) is 26.2 Å². The second kappa shape index (κ2) is 6.91. The van der Waals surface area contributed by atoms with Gasteiger partial charge in [0.15, 0.2) is 0 Å². The normalized spacial score (nSPS) is 18.9. The molecule has 7 heteroatoms. The Hall–Kier alpha value is -1.89. The van der Waals surface area contributed by atoms with Gasteiger partial charge < -0.3 is 15.0 Å². The molecule has 0 spiro atoms. The maximum absolute atomic E-state index is 12.1. The van der Waals surface area contributed by atoms with E-state index in [9.17, 15) is 9.59 Å². The van der Waals surface area contributed by atoms with E-state index in [0.29, 0.717) is 36.8 Å². The molecular formula is C15H24N4O3. The van der Waals surface area contributed by atoms with Gasteiger partial charge in [-0.05, 0) is 12.8 Å². The van der Waals surface area contributed by atoms with Crippen molar-refractivity contribution in [2.24, 2.45) is 13.0 Å². The molecule has 2 rings (SSSR count). The molecule has 2 heterocycles. The highest BCUT2D eigenvalue weighted by Crippen LogP contribution is 2.09. The first-order valence-electron chi connectivity index (χ1n) is 7.54. The molecule has 1 saturated heterocycles. The standard InChI is InChI=1S/C15H24N4O3/c1-10(2)6-19-7-12(22-9-14(19)20)5-16-15(21)13-8-18(4)17-11(13)3/h8,10,12H,5-7,9H2,1-4H3,(H,16,21). The Bertz CT molecular complexity index is 553. The maximum atomic E-state index is 12.1. The van der Waals surface area contributed by atoms with Gasteiger partial charge in [-0.1, -0.05) is 13.8 Å². The summed E-state index contributed by atoms with van der Waals surface area (Å²) < 4.78 is 7.11. The first-order chi connectivity index (χ1) is 10.4. The summed E-state index contributed by atoms with van der Waals surface area (Å²) >= 11 is 0. The average Bonchev–Trinajstić information content (AvgIpc) is 2.78. The quantitative estimate of drug-likeness (QED) is 0.851. The third-order valence-electron chi connectivity index (χ3n) is 3.55. The fourth-order valence-electron chi connectivity index (χ4n) is 2.55. The molecule has 1 aromatic rings. The molecule has 1 fully saturated rings. The van der Waals surface area contributed by atoms with Crippen LogP contribution in [0, 0.1) is 12.8 Å². The molecule has 0 bridgehead atoms. The number of aromatic nitrogens is 2. The summed E-state index contributed by atoms with van der Waals surface area (Å²) in [5.41, 5.74) is 1.26. The summed E-state index contributed by atoms with van der Waals surface area (Å²) in [6.07, 6.45) is 1.53. The van der Waals surface area contributed by atoms with Crippen LogP contribution < -0.4 is 5.32 Å². The number of hydrogen-bond acceptors (Lipinski definition) is 4. The van der Waals surface area contributed by atoms with Gasteiger partial charge in [0.2, 0.25) is 5.91 Å². The van der Waals surface area contributed by atoms with Crippen LogP contribution >= 0.6 is 0 Å². The fraction of sp³-hybridized carbons (Fsp3) is 0.667. The predicted molar refractivity (Wildman–Crippen MR) is 81.4 cm³/mol. The van der Waals surface area contributed by atoms with Crippen LogP contribution in [-0.4, -0.2) is 58.8 Å². The van der Waals surface area contributed by atoms with Gasteiger partial charge in [-0.3, -0.25) is 14.3 Å². The minimum absolute atomic E-state index is 0.0133. The fourth-order valence-corrected chi connectivity index (χ4v) is 2.55. The second-order valence-corrected chi connectivity index (χ2v) is 6.14. The first kappa shape index (κ1) is 16.5. The third-order valence-corrected chi connectivity index (χ3v) is 3.55. The monoisotopic (exact) mass is 308 g/mol. The zero-order valence-corrected chi connectivity index (χ0v) is 13.6. The Morgan fingerprint density at radius 3 is 2.86 bits per heavy atom. The van der Waals surface area contributed by atoms with Crippen LogP contribution in [0.5, 0.6) is 0 Å². The minimum Gasteiger partial charge on any atom is -0.365 e. The molecule has 0 radical (unpaired) electrons. The summed E-state index contributed by atoms with van der Waals surface area (Å²) in [5, 5.41) is 7.01. The van der Waals surface area contributed by atoms with E-state index in [2.05, 4.69) is 24.3 Å². The van der Waals surface area contributed by atoms with Crippen LogP contribution in [0.4, 0.5) is 0 Å². The zero-order chi connectivity index (χ0) is 16.3.